The average molecular weight is 279 g/mol. The van der Waals surface area contributed by atoms with Gasteiger partial charge in [-0.15, -0.1) is 0 Å². The number of hydrogen-bond donors (Lipinski definition) is 1. The molecule has 0 saturated heterocycles. The number of methoxy groups -OCH3 is 1. The van der Waals surface area contributed by atoms with Gasteiger partial charge in [0.15, 0.2) is 5.82 Å². The Balaban J connectivity index is 2.14. The van der Waals surface area contributed by atoms with Crippen molar-refractivity contribution in [3.8, 4) is 11.4 Å². The molecule has 3 aromatic rings. The maximum atomic E-state index is 11.6. The van der Waals surface area contributed by atoms with Gasteiger partial charge in [-0.05, 0) is 24.3 Å². The lowest BCUT2D eigenvalue weighted by atomic mass is 10.1. The Morgan fingerprint density at radius 1 is 1.10 bits per heavy atom. The molecule has 0 fully saturated rings. The summed E-state index contributed by atoms with van der Waals surface area (Å²) in [5.74, 6) is 0.502. The third-order valence-electron chi connectivity index (χ3n) is 3.17. The predicted octanol–water partition coefficient (Wildman–Crippen LogP) is 2.67. The largest absolute Gasteiger partial charge is 0.465 e. The van der Waals surface area contributed by atoms with Crippen LogP contribution in [0.25, 0.3) is 22.3 Å². The van der Waals surface area contributed by atoms with Crippen LogP contribution in [-0.2, 0) is 4.74 Å². The number of esters is 1. The van der Waals surface area contributed by atoms with Crippen LogP contribution in [0, 0.1) is 0 Å². The second-order valence-corrected chi connectivity index (χ2v) is 4.52. The van der Waals surface area contributed by atoms with E-state index in [0.29, 0.717) is 17.2 Å². The first-order chi connectivity index (χ1) is 10.2. The van der Waals surface area contributed by atoms with Gasteiger partial charge in [0.05, 0.1) is 18.2 Å². The molecular formula is C16H13N3O2. The van der Waals surface area contributed by atoms with Crippen molar-refractivity contribution in [3.05, 3.63) is 54.1 Å². The van der Waals surface area contributed by atoms with Gasteiger partial charge in [-0.25, -0.2) is 14.8 Å². The Morgan fingerprint density at radius 2 is 1.90 bits per heavy atom. The van der Waals surface area contributed by atoms with Gasteiger partial charge < -0.3 is 10.5 Å². The summed E-state index contributed by atoms with van der Waals surface area (Å²) < 4.78 is 4.72. The molecule has 0 bridgehead atoms. The number of rotatable bonds is 2. The topological polar surface area (TPSA) is 78.1 Å². The molecule has 0 unspecified atom stereocenters. The normalized spacial score (nSPS) is 10.5. The molecule has 104 valence electrons. The Morgan fingerprint density at radius 3 is 2.71 bits per heavy atom. The molecule has 0 amide bonds. The van der Waals surface area contributed by atoms with E-state index in [2.05, 4.69) is 9.97 Å². The molecule has 3 rings (SSSR count). The zero-order valence-corrected chi connectivity index (χ0v) is 11.4. The summed E-state index contributed by atoms with van der Waals surface area (Å²) in [6.45, 7) is 0. The first-order valence-corrected chi connectivity index (χ1v) is 6.40. The van der Waals surface area contributed by atoms with Gasteiger partial charge in [-0.2, -0.15) is 0 Å². The maximum absolute atomic E-state index is 11.6. The van der Waals surface area contributed by atoms with Crippen molar-refractivity contribution in [2.75, 3.05) is 12.8 Å². The number of carbonyl (C=O) groups is 1. The van der Waals surface area contributed by atoms with Crippen molar-refractivity contribution in [1.29, 1.82) is 0 Å². The van der Waals surface area contributed by atoms with Gasteiger partial charge in [0.2, 0.25) is 0 Å². The highest BCUT2D eigenvalue weighted by Gasteiger charge is 2.10. The molecule has 21 heavy (non-hydrogen) atoms. The maximum Gasteiger partial charge on any atom is 0.337 e. The minimum absolute atomic E-state index is 0.398. The molecule has 0 aliphatic carbocycles. The molecule has 2 aromatic carbocycles. The number of nitrogens with two attached hydrogens (primary N) is 1. The minimum Gasteiger partial charge on any atom is -0.465 e. The molecule has 0 radical (unpaired) electrons. The van der Waals surface area contributed by atoms with Crippen LogP contribution >= 0.6 is 0 Å². The number of nitrogen functional groups attached to an aromatic ring is 1. The summed E-state index contributed by atoms with van der Waals surface area (Å²) in [5, 5.41) is 0.811. The van der Waals surface area contributed by atoms with E-state index in [-0.39, 0.29) is 0 Å². The summed E-state index contributed by atoms with van der Waals surface area (Å²) in [5.41, 5.74) is 7.91. The summed E-state index contributed by atoms with van der Waals surface area (Å²) in [7, 11) is 1.35. The zero-order chi connectivity index (χ0) is 14.8. The molecule has 2 N–H and O–H groups in total. The molecule has 5 nitrogen and oxygen atoms in total. The van der Waals surface area contributed by atoms with Crippen LogP contribution in [0.15, 0.2) is 48.5 Å². The van der Waals surface area contributed by atoms with Crippen LogP contribution in [0.2, 0.25) is 0 Å². The van der Waals surface area contributed by atoms with E-state index in [0.717, 1.165) is 16.5 Å². The van der Waals surface area contributed by atoms with Crippen molar-refractivity contribution in [2.45, 2.75) is 0 Å². The van der Waals surface area contributed by atoms with E-state index in [1.807, 2.05) is 30.3 Å². The summed E-state index contributed by atoms with van der Waals surface area (Å²) in [6.07, 6.45) is 0. The number of nitrogens with zero attached hydrogens (tertiary/aromatic N) is 2. The highest BCUT2D eigenvalue weighted by Crippen LogP contribution is 2.23. The van der Waals surface area contributed by atoms with Crippen molar-refractivity contribution in [1.82, 2.24) is 9.97 Å². The number of ether oxygens (including phenoxy) is 1. The van der Waals surface area contributed by atoms with E-state index >= 15 is 0 Å². The van der Waals surface area contributed by atoms with Crippen LogP contribution in [0.5, 0.6) is 0 Å². The molecule has 1 heterocycles. The molecular weight excluding hydrogens is 266 g/mol. The molecule has 0 aliphatic heterocycles. The third-order valence-corrected chi connectivity index (χ3v) is 3.17. The first-order valence-electron chi connectivity index (χ1n) is 6.40. The molecule has 0 spiro atoms. The Hall–Kier alpha value is -2.95. The smallest absolute Gasteiger partial charge is 0.337 e. The monoisotopic (exact) mass is 279 g/mol. The minimum atomic E-state index is -0.398. The predicted molar refractivity (Wildman–Crippen MR) is 80.7 cm³/mol. The van der Waals surface area contributed by atoms with Crippen molar-refractivity contribution in [3.63, 3.8) is 0 Å². The van der Waals surface area contributed by atoms with Gasteiger partial charge in [-0.3, -0.25) is 0 Å². The van der Waals surface area contributed by atoms with E-state index in [1.165, 1.54) is 7.11 Å². The number of para-hydroxylation sites is 1. The number of aromatic nitrogens is 2. The fourth-order valence-electron chi connectivity index (χ4n) is 2.13. The van der Waals surface area contributed by atoms with Gasteiger partial charge in [0.1, 0.15) is 5.82 Å². The SMILES string of the molecule is COC(=O)c1cccc(-c2nc(N)c3ccccc3n2)c1. The summed E-state index contributed by atoms with van der Waals surface area (Å²) in [6, 6.07) is 14.5. The second-order valence-electron chi connectivity index (χ2n) is 4.52. The van der Waals surface area contributed by atoms with E-state index in [4.69, 9.17) is 10.5 Å². The van der Waals surface area contributed by atoms with Crippen molar-refractivity contribution in [2.24, 2.45) is 0 Å². The van der Waals surface area contributed by atoms with E-state index < -0.39 is 5.97 Å². The summed E-state index contributed by atoms with van der Waals surface area (Å²) >= 11 is 0. The zero-order valence-electron chi connectivity index (χ0n) is 11.4. The summed E-state index contributed by atoms with van der Waals surface area (Å²) in [4.78, 5) is 20.4. The second kappa shape index (κ2) is 5.20. The average Bonchev–Trinajstić information content (AvgIpc) is 2.54. The van der Waals surface area contributed by atoms with Crippen molar-refractivity contribution >= 4 is 22.7 Å². The van der Waals surface area contributed by atoms with Crippen molar-refractivity contribution < 1.29 is 9.53 Å². The fourth-order valence-corrected chi connectivity index (χ4v) is 2.13. The van der Waals surface area contributed by atoms with Crippen LogP contribution in [0.1, 0.15) is 10.4 Å². The molecule has 0 saturated carbocycles. The van der Waals surface area contributed by atoms with Crippen LogP contribution in [0.4, 0.5) is 5.82 Å². The molecule has 5 heteroatoms. The third kappa shape index (κ3) is 2.41. The number of carbonyl (C=O) groups excluding carboxylic acids is 1. The number of anilines is 1. The van der Waals surface area contributed by atoms with Crippen LogP contribution in [0.3, 0.4) is 0 Å². The van der Waals surface area contributed by atoms with Gasteiger partial charge >= 0.3 is 5.97 Å². The number of benzene rings is 2. The van der Waals surface area contributed by atoms with Crippen LogP contribution in [-0.4, -0.2) is 23.0 Å². The highest BCUT2D eigenvalue weighted by atomic mass is 16.5. The van der Waals surface area contributed by atoms with Crippen LogP contribution < -0.4 is 5.73 Å². The lowest BCUT2D eigenvalue weighted by Gasteiger charge is -2.06. The lowest BCUT2D eigenvalue weighted by molar-refractivity contribution is 0.0601. The standard InChI is InChI=1S/C16H13N3O2/c1-21-16(20)11-6-4-5-10(9-11)15-18-13-8-3-2-7-12(13)14(17)19-15/h2-9H,1H3,(H2,17,18,19). The molecule has 1 aromatic heterocycles. The Bertz CT molecular complexity index is 831. The lowest BCUT2D eigenvalue weighted by Crippen LogP contribution is -2.02. The van der Waals surface area contributed by atoms with Gasteiger partial charge in [0, 0.05) is 10.9 Å². The van der Waals surface area contributed by atoms with Gasteiger partial charge in [0.25, 0.3) is 0 Å². The first kappa shape index (κ1) is 13.1. The molecule has 0 atom stereocenters. The fraction of sp³-hybridized carbons (Fsp3) is 0.0625. The van der Waals surface area contributed by atoms with Gasteiger partial charge in [-0.1, -0.05) is 24.3 Å². The Kier molecular flexibility index (Phi) is 3.23. The Labute approximate surface area is 121 Å². The molecule has 0 aliphatic rings. The van der Waals surface area contributed by atoms with E-state index in [1.54, 1.807) is 18.2 Å². The quantitative estimate of drug-likeness (QED) is 0.730. The highest BCUT2D eigenvalue weighted by molar-refractivity contribution is 5.92. The number of hydrogen-bond acceptors (Lipinski definition) is 5. The van der Waals surface area contributed by atoms with E-state index in [9.17, 15) is 4.79 Å². The number of fused-ring (bicyclic) bond motifs is 1.